The molecule has 1 saturated heterocycles. The summed E-state index contributed by atoms with van der Waals surface area (Å²) in [5, 5.41) is 9.60. The van der Waals surface area contributed by atoms with Crippen molar-refractivity contribution in [3.8, 4) is 0 Å². The van der Waals surface area contributed by atoms with E-state index in [1.807, 2.05) is 27.7 Å². The lowest BCUT2D eigenvalue weighted by Crippen LogP contribution is -2.41. The highest BCUT2D eigenvalue weighted by atomic mass is 35.5. The second-order valence-corrected chi connectivity index (χ2v) is 6.73. The first-order chi connectivity index (χ1) is 10.1. The average Bonchev–Trinajstić information content (AvgIpc) is 2.58. The van der Waals surface area contributed by atoms with Gasteiger partial charge in [-0.15, -0.1) is 0 Å². The van der Waals surface area contributed by atoms with Crippen LogP contribution in [0, 0.1) is 0 Å². The van der Waals surface area contributed by atoms with Gasteiger partial charge in [0.1, 0.15) is 0 Å². The molecule has 2 rings (SSSR count). The van der Waals surface area contributed by atoms with Gasteiger partial charge in [0.15, 0.2) is 0 Å². The number of amides is 1. The number of carboxylic acid groups (broad SMARTS) is 1. The SMILES string of the molecule is CCN(C(=O)O)c1ccc(B2OC(C)(C)C(C)(C)O2)c(Cl)c1. The van der Waals surface area contributed by atoms with Crippen molar-refractivity contribution >= 4 is 36.0 Å². The Hall–Kier alpha value is -1.24. The molecule has 1 aliphatic heterocycles. The van der Waals surface area contributed by atoms with Gasteiger partial charge in [-0.05, 0) is 46.8 Å². The molecule has 0 spiro atoms. The summed E-state index contributed by atoms with van der Waals surface area (Å²) in [6, 6.07) is 5.09. The molecule has 7 heteroatoms. The van der Waals surface area contributed by atoms with Crippen LogP contribution in [0.4, 0.5) is 10.5 Å². The second kappa shape index (κ2) is 5.76. The van der Waals surface area contributed by atoms with Crippen molar-refractivity contribution in [1.29, 1.82) is 0 Å². The molecule has 5 nitrogen and oxygen atoms in total. The van der Waals surface area contributed by atoms with Crippen LogP contribution in [0.5, 0.6) is 0 Å². The highest BCUT2D eigenvalue weighted by Gasteiger charge is 2.52. The number of hydrogen-bond donors (Lipinski definition) is 1. The number of hydrogen-bond acceptors (Lipinski definition) is 3. The van der Waals surface area contributed by atoms with Crippen LogP contribution in [-0.2, 0) is 9.31 Å². The summed E-state index contributed by atoms with van der Waals surface area (Å²) < 4.78 is 11.9. The minimum atomic E-state index is -1.01. The van der Waals surface area contributed by atoms with Gasteiger partial charge in [-0.2, -0.15) is 0 Å². The van der Waals surface area contributed by atoms with E-state index in [0.717, 1.165) is 0 Å². The van der Waals surface area contributed by atoms with Crippen LogP contribution in [0.25, 0.3) is 0 Å². The summed E-state index contributed by atoms with van der Waals surface area (Å²) in [6.45, 7) is 10.00. The molecular weight excluding hydrogens is 304 g/mol. The summed E-state index contributed by atoms with van der Waals surface area (Å²) in [7, 11) is -0.563. The molecule has 0 radical (unpaired) electrons. The first-order valence-corrected chi connectivity index (χ1v) is 7.62. The van der Waals surface area contributed by atoms with Gasteiger partial charge >= 0.3 is 13.2 Å². The smallest absolute Gasteiger partial charge is 0.465 e. The third kappa shape index (κ3) is 2.96. The van der Waals surface area contributed by atoms with Gasteiger partial charge < -0.3 is 14.4 Å². The summed E-state index contributed by atoms with van der Waals surface area (Å²) in [5.74, 6) is 0. The molecule has 1 N–H and O–H groups in total. The number of nitrogens with zero attached hydrogens (tertiary/aromatic N) is 1. The quantitative estimate of drug-likeness (QED) is 0.867. The normalized spacial score (nSPS) is 19.3. The van der Waals surface area contributed by atoms with Gasteiger partial charge in [-0.3, -0.25) is 4.90 Å². The highest BCUT2D eigenvalue weighted by Crippen LogP contribution is 2.37. The fourth-order valence-corrected chi connectivity index (χ4v) is 2.54. The predicted octanol–water partition coefficient (Wildman–Crippen LogP) is 3.14. The molecule has 0 unspecified atom stereocenters. The molecule has 1 fully saturated rings. The molecule has 0 atom stereocenters. The molecule has 1 amide bonds. The predicted molar refractivity (Wildman–Crippen MR) is 88.2 cm³/mol. The van der Waals surface area contributed by atoms with E-state index in [1.165, 1.54) is 4.90 Å². The third-order valence-corrected chi connectivity index (χ3v) is 4.68. The lowest BCUT2D eigenvalue weighted by atomic mass is 9.79. The maximum Gasteiger partial charge on any atom is 0.496 e. The fraction of sp³-hybridized carbons (Fsp3) is 0.533. The van der Waals surface area contributed by atoms with E-state index in [1.54, 1.807) is 25.1 Å². The van der Waals surface area contributed by atoms with Gasteiger partial charge in [0, 0.05) is 22.7 Å². The average molecular weight is 326 g/mol. The standard InChI is InChI=1S/C15H21BClNO4/c1-6-18(13(19)20)10-7-8-11(12(17)9-10)16-21-14(2,3)15(4,5)22-16/h7-9H,6H2,1-5H3,(H,19,20). The van der Waals surface area contributed by atoms with Gasteiger partial charge in [0.05, 0.1) is 11.2 Å². The number of rotatable bonds is 3. The Kier molecular flexibility index (Phi) is 4.48. The van der Waals surface area contributed by atoms with Crippen LogP contribution in [0.3, 0.4) is 0 Å². The Morgan fingerprint density at radius 1 is 1.27 bits per heavy atom. The van der Waals surface area contributed by atoms with Gasteiger partial charge in [0.2, 0.25) is 0 Å². The van der Waals surface area contributed by atoms with Crippen LogP contribution in [0.15, 0.2) is 18.2 Å². The monoisotopic (exact) mass is 325 g/mol. The molecular formula is C15H21BClNO4. The van der Waals surface area contributed by atoms with E-state index in [2.05, 4.69) is 0 Å². The molecule has 22 heavy (non-hydrogen) atoms. The van der Waals surface area contributed by atoms with Crippen molar-refractivity contribution in [2.75, 3.05) is 11.4 Å². The van der Waals surface area contributed by atoms with Gasteiger partial charge in [-0.25, -0.2) is 4.79 Å². The number of anilines is 1. The topological polar surface area (TPSA) is 59.0 Å². The minimum Gasteiger partial charge on any atom is -0.465 e. The van der Waals surface area contributed by atoms with Crippen molar-refractivity contribution in [3.63, 3.8) is 0 Å². The van der Waals surface area contributed by atoms with E-state index in [-0.39, 0.29) is 0 Å². The zero-order chi connectivity index (χ0) is 16.7. The minimum absolute atomic E-state index is 0.349. The Morgan fingerprint density at radius 2 is 1.82 bits per heavy atom. The van der Waals surface area contributed by atoms with Crippen LogP contribution in [0.1, 0.15) is 34.6 Å². The third-order valence-electron chi connectivity index (χ3n) is 4.35. The van der Waals surface area contributed by atoms with E-state index in [4.69, 9.17) is 26.0 Å². The lowest BCUT2D eigenvalue weighted by Gasteiger charge is -2.32. The molecule has 1 aliphatic rings. The Morgan fingerprint density at radius 3 is 2.23 bits per heavy atom. The van der Waals surface area contributed by atoms with Gasteiger partial charge in [-0.1, -0.05) is 17.7 Å². The Labute approximate surface area is 136 Å². The number of benzene rings is 1. The first kappa shape index (κ1) is 17.1. The largest absolute Gasteiger partial charge is 0.496 e. The van der Waals surface area contributed by atoms with Crippen molar-refractivity contribution in [3.05, 3.63) is 23.2 Å². The Balaban J connectivity index is 2.30. The maximum atomic E-state index is 11.2. The van der Waals surface area contributed by atoms with Crippen LogP contribution in [-0.4, -0.2) is 36.1 Å². The van der Waals surface area contributed by atoms with Crippen molar-refractivity contribution < 1.29 is 19.2 Å². The summed E-state index contributed by atoms with van der Waals surface area (Å²) in [6.07, 6.45) is -1.01. The van der Waals surface area contributed by atoms with Crippen LogP contribution < -0.4 is 10.4 Å². The first-order valence-electron chi connectivity index (χ1n) is 7.24. The zero-order valence-corrected chi connectivity index (χ0v) is 14.3. The van der Waals surface area contributed by atoms with E-state index in [9.17, 15) is 4.79 Å². The van der Waals surface area contributed by atoms with Crippen molar-refractivity contribution in [2.24, 2.45) is 0 Å². The second-order valence-electron chi connectivity index (χ2n) is 6.32. The van der Waals surface area contributed by atoms with Gasteiger partial charge in [0.25, 0.3) is 0 Å². The zero-order valence-electron chi connectivity index (χ0n) is 13.5. The maximum absolute atomic E-state index is 11.2. The molecule has 1 aromatic carbocycles. The van der Waals surface area contributed by atoms with Crippen molar-refractivity contribution in [1.82, 2.24) is 0 Å². The van der Waals surface area contributed by atoms with E-state index >= 15 is 0 Å². The van der Waals surface area contributed by atoms with E-state index < -0.39 is 24.4 Å². The summed E-state index contributed by atoms with van der Waals surface area (Å²) >= 11 is 6.32. The fourth-order valence-electron chi connectivity index (χ4n) is 2.27. The Bertz CT molecular complexity index is 575. The highest BCUT2D eigenvalue weighted by molar-refractivity contribution is 6.65. The van der Waals surface area contributed by atoms with Crippen LogP contribution in [0.2, 0.25) is 5.02 Å². The van der Waals surface area contributed by atoms with Crippen molar-refractivity contribution in [2.45, 2.75) is 45.8 Å². The molecule has 120 valence electrons. The van der Waals surface area contributed by atoms with E-state index in [0.29, 0.717) is 22.7 Å². The molecule has 0 aromatic heterocycles. The number of halogens is 1. The lowest BCUT2D eigenvalue weighted by molar-refractivity contribution is 0.00578. The molecule has 0 bridgehead atoms. The van der Waals surface area contributed by atoms with Crippen LogP contribution >= 0.6 is 11.6 Å². The molecule has 0 saturated carbocycles. The summed E-state index contributed by atoms with van der Waals surface area (Å²) in [5.41, 5.74) is 0.331. The molecule has 0 aliphatic carbocycles. The molecule has 1 aromatic rings. The summed E-state index contributed by atoms with van der Waals surface area (Å²) in [4.78, 5) is 12.4. The molecule has 1 heterocycles. The number of carbonyl (C=O) groups is 1.